The minimum absolute atomic E-state index is 0.238. The van der Waals surface area contributed by atoms with Crippen molar-refractivity contribution in [1.82, 2.24) is 4.90 Å². The number of carbonyl (C=O) groups excluding carboxylic acids is 1. The second-order valence-electron chi connectivity index (χ2n) is 8.27. The zero-order valence-electron chi connectivity index (χ0n) is 19.9. The summed E-state index contributed by atoms with van der Waals surface area (Å²) in [5.74, 6) is -0.238. The second-order valence-corrected chi connectivity index (χ2v) is 11.7. The number of esters is 1. The van der Waals surface area contributed by atoms with E-state index >= 15 is 0 Å². The first-order valence-corrected chi connectivity index (χ1v) is 14.2. The van der Waals surface area contributed by atoms with E-state index in [9.17, 15) is 4.79 Å². The first-order chi connectivity index (χ1) is 17.4. The van der Waals surface area contributed by atoms with Gasteiger partial charge in [-0.3, -0.25) is 4.79 Å². The topological polar surface area (TPSA) is 36.7 Å². The lowest BCUT2D eigenvalue weighted by Gasteiger charge is -2.20. The van der Waals surface area contributed by atoms with Crippen molar-refractivity contribution in [1.29, 1.82) is 0 Å². The number of hydrogen-bond donors (Lipinski definition) is 0. The third kappa shape index (κ3) is 5.09. The molecule has 0 N–H and O–H groups in total. The Balaban J connectivity index is 1.49. The predicted molar refractivity (Wildman–Crippen MR) is 151 cm³/mol. The number of halogens is 1. The Morgan fingerprint density at radius 3 is 2.78 bits per heavy atom. The van der Waals surface area contributed by atoms with Crippen LogP contribution in [0.2, 0.25) is 5.02 Å². The van der Waals surface area contributed by atoms with Crippen LogP contribution in [0.1, 0.15) is 17.0 Å². The van der Waals surface area contributed by atoms with Gasteiger partial charge in [-0.1, -0.05) is 83.4 Å². The molecule has 3 heterocycles. The highest BCUT2D eigenvalue weighted by Gasteiger charge is 2.35. The molecule has 0 unspecified atom stereocenters. The number of anilines is 1. The quantitative estimate of drug-likeness (QED) is 0.253. The lowest BCUT2D eigenvalue weighted by atomic mass is 10.2. The third-order valence-corrected chi connectivity index (χ3v) is 9.59. The number of thioether (sulfide) groups is 2. The summed E-state index contributed by atoms with van der Waals surface area (Å²) in [7, 11) is 3.49. The van der Waals surface area contributed by atoms with E-state index in [1.165, 1.54) is 12.7 Å². The van der Waals surface area contributed by atoms with Crippen molar-refractivity contribution < 1.29 is 14.1 Å². The Bertz CT molecular complexity index is 1380. The van der Waals surface area contributed by atoms with Gasteiger partial charge in [0.2, 0.25) is 0 Å². The van der Waals surface area contributed by atoms with Crippen LogP contribution in [-0.2, 0) is 16.1 Å². The number of nitrogens with zero attached hydrogens (tertiary/aromatic N) is 3. The van der Waals surface area contributed by atoms with Crippen LogP contribution in [0.5, 0.6) is 0 Å². The number of rotatable bonds is 6. The molecule has 2 aromatic carbocycles. The van der Waals surface area contributed by atoms with Crippen LogP contribution in [0.15, 0.2) is 92.2 Å². The van der Waals surface area contributed by atoms with Gasteiger partial charge in [0.15, 0.2) is 12.7 Å². The number of aromatic nitrogens is 1. The first-order valence-electron chi connectivity index (χ1n) is 11.3. The van der Waals surface area contributed by atoms with E-state index in [4.69, 9.17) is 16.3 Å². The Morgan fingerprint density at radius 1 is 1.19 bits per heavy atom. The zero-order valence-corrected chi connectivity index (χ0v) is 23.1. The number of ether oxygens (including phenoxy) is 1. The van der Waals surface area contributed by atoms with Gasteiger partial charge in [0, 0.05) is 29.1 Å². The van der Waals surface area contributed by atoms with Gasteiger partial charge < -0.3 is 14.5 Å². The van der Waals surface area contributed by atoms with Gasteiger partial charge in [0.1, 0.15) is 0 Å². The predicted octanol–water partition coefficient (Wildman–Crippen LogP) is 6.57. The van der Waals surface area contributed by atoms with E-state index in [1.54, 1.807) is 34.9 Å². The molecule has 1 aromatic heterocycles. The van der Waals surface area contributed by atoms with Crippen LogP contribution in [-0.4, -0.2) is 31.6 Å². The smallest absolute Gasteiger partial charge is 0.307 e. The number of thiazole rings is 1. The average Bonchev–Trinajstić information content (AvgIpc) is 3.54. The van der Waals surface area contributed by atoms with Crippen molar-refractivity contribution in [3.05, 3.63) is 103 Å². The first kappa shape index (κ1) is 25.0. The normalized spacial score (nSPS) is 18.3. The molecule has 5 rings (SSSR count). The minimum Gasteiger partial charge on any atom is -0.469 e. The van der Waals surface area contributed by atoms with Crippen molar-refractivity contribution in [2.45, 2.75) is 17.9 Å². The monoisotopic (exact) mass is 554 g/mol. The molecule has 36 heavy (non-hydrogen) atoms. The van der Waals surface area contributed by atoms with Crippen molar-refractivity contribution >= 4 is 64.2 Å². The summed E-state index contributed by atoms with van der Waals surface area (Å²) >= 11 is 11.3. The fourth-order valence-electron chi connectivity index (χ4n) is 4.07. The highest BCUT2D eigenvalue weighted by atomic mass is 35.5. The van der Waals surface area contributed by atoms with Crippen molar-refractivity contribution in [3.63, 3.8) is 0 Å². The molecule has 0 atom stereocenters. The number of methoxy groups -OCH3 is 1. The van der Waals surface area contributed by atoms with E-state index in [1.807, 2.05) is 24.3 Å². The zero-order chi connectivity index (χ0) is 25.2. The number of benzene rings is 2. The fraction of sp³-hybridized carbons (Fsp3) is 0.185. The van der Waals surface area contributed by atoms with Crippen LogP contribution in [0, 0.1) is 0 Å². The molecule has 9 heteroatoms. The molecule has 0 spiro atoms. The van der Waals surface area contributed by atoms with Gasteiger partial charge in [-0.05, 0) is 18.2 Å². The summed E-state index contributed by atoms with van der Waals surface area (Å²) in [6, 6.07) is 16.4. The lowest BCUT2D eigenvalue weighted by molar-refractivity contribution is -0.685. The summed E-state index contributed by atoms with van der Waals surface area (Å²) in [6.45, 7) is 5.72. The highest BCUT2D eigenvalue weighted by molar-refractivity contribution is 8.09. The van der Waals surface area contributed by atoms with E-state index in [2.05, 4.69) is 69.9 Å². The van der Waals surface area contributed by atoms with Crippen molar-refractivity contribution in [3.8, 4) is 0 Å². The summed E-state index contributed by atoms with van der Waals surface area (Å²) in [5, 5.41) is 6.10. The van der Waals surface area contributed by atoms with Crippen LogP contribution >= 0.6 is 46.5 Å². The van der Waals surface area contributed by atoms with Gasteiger partial charge in [0.25, 0.3) is 5.01 Å². The molecule has 0 amide bonds. The maximum Gasteiger partial charge on any atom is 0.307 e. The van der Waals surface area contributed by atoms with Gasteiger partial charge in [-0.25, -0.2) is 0 Å². The summed E-state index contributed by atoms with van der Waals surface area (Å²) in [4.78, 5) is 18.5. The molecule has 2 aliphatic rings. The summed E-state index contributed by atoms with van der Waals surface area (Å²) < 4.78 is 7.15. The maximum atomic E-state index is 12.0. The SMILES string of the molecule is C=C1/C(=C2\Sc3cc(Cl)ccc3N2C)S/C(=C\c2scc[n+]2Cc2ccccc2)N1CCC(=O)OC. The van der Waals surface area contributed by atoms with Gasteiger partial charge >= 0.3 is 5.97 Å². The Morgan fingerprint density at radius 2 is 2.00 bits per heavy atom. The molecule has 5 nitrogen and oxygen atoms in total. The van der Waals surface area contributed by atoms with E-state index in [0.29, 0.717) is 6.54 Å². The second kappa shape index (κ2) is 10.8. The summed E-state index contributed by atoms with van der Waals surface area (Å²) in [6.07, 6.45) is 4.58. The molecule has 184 valence electrons. The number of hydrogen-bond acceptors (Lipinski definition) is 7. The number of fused-ring (bicyclic) bond motifs is 1. The molecular formula is C27H25ClN3O2S3+. The van der Waals surface area contributed by atoms with Gasteiger partial charge in [0.05, 0.1) is 51.3 Å². The third-order valence-electron chi connectivity index (χ3n) is 5.97. The molecular weight excluding hydrogens is 530 g/mol. The summed E-state index contributed by atoms with van der Waals surface area (Å²) in [5.41, 5.74) is 3.25. The molecule has 0 aliphatic carbocycles. The number of carbonyl (C=O) groups is 1. The van der Waals surface area contributed by atoms with Crippen molar-refractivity contribution in [2.24, 2.45) is 0 Å². The highest BCUT2D eigenvalue weighted by Crippen LogP contribution is 2.54. The van der Waals surface area contributed by atoms with Gasteiger partial charge in [-0.2, -0.15) is 4.57 Å². The Kier molecular flexibility index (Phi) is 7.48. The van der Waals surface area contributed by atoms with Crippen LogP contribution in [0.4, 0.5) is 5.69 Å². The molecule has 2 aliphatic heterocycles. The van der Waals surface area contributed by atoms with E-state index in [-0.39, 0.29) is 12.4 Å². The van der Waals surface area contributed by atoms with E-state index < -0.39 is 0 Å². The molecule has 1 saturated heterocycles. The van der Waals surface area contributed by atoms with E-state index in [0.717, 1.165) is 47.8 Å². The fourth-order valence-corrected chi connectivity index (χ4v) is 7.72. The standard InChI is InChI=1S/C27H25ClN3O2S3/c1-18-26(27-29(2)21-10-9-20(28)15-22(21)35-27)36-24(31(18)12-11-25(32)33-3)16-23-30(13-14-34-23)17-19-7-5-4-6-8-19/h4-10,13-16H,1,11-12,17H2,2-3H3/q+1/b27-26+. The van der Waals surface area contributed by atoms with Crippen LogP contribution in [0.25, 0.3) is 6.08 Å². The molecule has 0 bridgehead atoms. The minimum atomic E-state index is -0.238. The Hall–Kier alpha value is -2.65. The largest absolute Gasteiger partial charge is 0.469 e. The van der Waals surface area contributed by atoms with Crippen molar-refractivity contribution in [2.75, 3.05) is 25.6 Å². The molecule has 0 radical (unpaired) electrons. The maximum absolute atomic E-state index is 12.0. The van der Waals surface area contributed by atoms with Crippen LogP contribution in [0.3, 0.4) is 0 Å². The molecule has 0 saturated carbocycles. The molecule has 3 aromatic rings. The molecule has 1 fully saturated rings. The average molecular weight is 555 g/mol. The van der Waals surface area contributed by atoms with Gasteiger partial charge in [-0.15, -0.1) is 0 Å². The Labute approximate surface area is 228 Å². The lowest BCUT2D eigenvalue weighted by Crippen LogP contribution is -2.34. The van der Waals surface area contributed by atoms with Crippen LogP contribution < -0.4 is 9.47 Å².